The molecular weight excluding hydrogens is 279 g/mol. The Bertz CT molecular complexity index is 398. The molecule has 0 atom stereocenters. The third-order valence-electron chi connectivity index (χ3n) is 1.59. The van der Waals surface area contributed by atoms with Gasteiger partial charge in [0.15, 0.2) is 0 Å². The summed E-state index contributed by atoms with van der Waals surface area (Å²) in [6.07, 6.45) is -3.62. The molecule has 3 nitrogen and oxygen atoms in total. The van der Waals surface area contributed by atoms with Gasteiger partial charge in [-0.2, -0.15) is 4.39 Å². The van der Waals surface area contributed by atoms with Crippen LogP contribution in [0.15, 0.2) is 10.5 Å². The van der Waals surface area contributed by atoms with Crippen LogP contribution in [0.25, 0.3) is 0 Å². The molecule has 0 spiro atoms. The Labute approximate surface area is 91.1 Å². The highest BCUT2D eigenvalue weighted by atomic mass is 79.9. The van der Waals surface area contributed by atoms with Crippen molar-refractivity contribution in [3.63, 3.8) is 0 Å². The molecule has 1 aromatic heterocycles. The molecule has 0 unspecified atom stereocenters. The average molecular weight is 284 g/mol. The zero-order valence-electron chi connectivity index (χ0n) is 7.18. The number of nitrogens with zero attached hydrogens (tertiary/aromatic N) is 1. The van der Waals surface area contributed by atoms with E-state index in [0.717, 1.165) is 6.07 Å². The molecule has 0 aromatic carbocycles. The maximum absolute atomic E-state index is 12.8. The van der Waals surface area contributed by atoms with Crippen molar-refractivity contribution in [1.29, 1.82) is 0 Å². The zero-order valence-corrected chi connectivity index (χ0v) is 8.76. The van der Waals surface area contributed by atoms with E-state index in [1.54, 1.807) is 0 Å². The molecule has 0 saturated heterocycles. The quantitative estimate of drug-likeness (QED) is 0.868. The van der Waals surface area contributed by atoms with E-state index in [-0.39, 0.29) is 10.0 Å². The van der Waals surface area contributed by atoms with E-state index < -0.39 is 30.5 Å². The number of hydrogen-bond acceptors (Lipinski definition) is 2. The second-order valence-electron chi connectivity index (χ2n) is 2.68. The number of halogens is 4. The van der Waals surface area contributed by atoms with Gasteiger partial charge in [0.2, 0.25) is 5.95 Å². The van der Waals surface area contributed by atoms with E-state index in [1.165, 1.54) is 0 Å². The van der Waals surface area contributed by atoms with E-state index >= 15 is 0 Å². The molecule has 0 radical (unpaired) electrons. The normalized spacial score (nSPS) is 10.7. The third-order valence-corrected chi connectivity index (χ3v) is 2.15. The monoisotopic (exact) mass is 283 g/mol. The number of hydrogen-bond donors (Lipinski definition) is 1. The minimum atomic E-state index is -3.00. The molecule has 1 N–H and O–H groups in total. The predicted molar refractivity (Wildman–Crippen MR) is 48.2 cm³/mol. The lowest BCUT2D eigenvalue weighted by Crippen LogP contribution is -2.07. The molecule has 0 aliphatic carbocycles. The van der Waals surface area contributed by atoms with Gasteiger partial charge in [-0.3, -0.25) is 4.79 Å². The predicted octanol–water partition coefficient (Wildman–Crippen LogP) is 2.55. The SMILES string of the molecule is O=C(O)Cc1cc(Br)c(F)nc1C(F)F. The van der Waals surface area contributed by atoms with Gasteiger partial charge >= 0.3 is 5.97 Å². The molecule has 0 bridgehead atoms. The maximum Gasteiger partial charge on any atom is 0.307 e. The van der Waals surface area contributed by atoms with Gasteiger partial charge in [-0.05, 0) is 27.6 Å². The summed E-state index contributed by atoms with van der Waals surface area (Å²) in [6, 6.07) is 0.998. The van der Waals surface area contributed by atoms with Gasteiger partial charge in [0, 0.05) is 0 Å². The number of carbonyl (C=O) groups is 1. The molecule has 0 fully saturated rings. The van der Waals surface area contributed by atoms with Crippen molar-refractivity contribution in [2.45, 2.75) is 12.8 Å². The minimum absolute atomic E-state index is 0.136. The van der Waals surface area contributed by atoms with Crippen molar-refractivity contribution in [1.82, 2.24) is 4.98 Å². The summed E-state index contributed by atoms with van der Waals surface area (Å²) in [5, 5.41) is 8.45. The Morgan fingerprint density at radius 1 is 1.60 bits per heavy atom. The summed E-state index contributed by atoms with van der Waals surface area (Å²) < 4.78 is 37.4. The van der Waals surface area contributed by atoms with Crippen molar-refractivity contribution in [3.05, 3.63) is 27.7 Å². The van der Waals surface area contributed by atoms with Gasteiger partial charge in [-0.25, -0.2) is 13.8 Å². The van der Waals surface area contributed by atoms with Gasteiger partial charge in [0.1, 0.15) is 5.69 Å². The number of aliphatic carboxylic acids is 1. The molecule has 0 amide bonds. The summed E-state index contributed by atoms with van der Waals surface area (Å²) in [5.74, 6) is -2.36. The minimum Gasteiger partial charge on any atom is -0.481 e. The van der Waals surface area contributed by atoms with Gasteiger partial charge in [-0.15, -0.1) is 0 Å². The average Bonchev–Trinajstić information content (AvgIpc) is 2.09. The highest BCUT2D eigenvalue weighted by molar-refractivity contribution is 9.10. The van der Waals surface area contributed by atoms with E-state index in [2.05, 4.69) is 20.9 Å². The van der Waals surface area contributed by atoms with Crippen molar-refractivity contribution < 1.29 is 23.1 Å². The van der Waals surface area contributed by atoms with Gasteiger partial charge in [0.05, 0.1) is 10.9 Å². The van der Waals surface area contributed by atoms with Crippen LogP contribution in [0.2, 0.25) is 0 Å². The summed E-state index contributed by atoms with van der Waals surface area (Å²) in [7, 11) is 0. The molecule has 82 valence electrons. The zero-order chi connectivity index (χ0) is 11.6. The van der Waals surface area contributed by atoms with Crippen LogP contribution >= 0.6 is 15.9 Å². The Morgan fingerprint density at radius 2 is 2.20 bits per heavy atom. The van der Waals surface area contributed by atoms with E-state index in [0.29, 0.717) is 0 Å². The Kier molecular flexibility index (Phi) is 3.67. The Hall–Kier alpha value is -1.11. The van der Waals surface area contributed by atoms with Gasteiger partial charge < -0.3 is 5.11 Å². The topological polar surface area (TPSA) is 50.2 Å². The summed E-state index contributed by atoms with van der Waals surface area (Å²) in [5.41, 5.74) is -1.04. The second-order valence-corrected chi connectivity index (χ2v) is 3.53. The van der Waals surface area contributed by atoms with Crippen LogP contribution in [0.1, 0.15) is 17.7 Å². The fourth-order valence-electron chi connectivity index (χ4n) is 1.01. The number of pyridine rings is 1. The van der Waals surface area contributed by atoms with E-state index in [9.17, 15) is 18.0 Å². The van der Waals surface area contributed by atoms with Crippen LogP contribution in [-0.2, 0) is 11.2 Å². The first-order valence-corrected chi connectivity index (χ1v) is 4.56. The Balaban J connectivity index is 3.21. The highest BCUT2D eigenvalue weighted by Crippen LogP contribution is 2.25. The summed E-state index contributed by atoms with van der Waals surface area (Å²) >= 11 is 2.74. The maximum atomic E-state index is 12.8. The smallest absolute Gasteiger partial charge is 0.307 e. The first-order chi connectivity index (χ1) is 6.91. The fraction of sp³-hybridized carbons (Fsp3) is 0.250. The van der Waals surface area contributed by atoms with Gasteiger partial charge in [-0.1, -0.05) is 0 Å². The number of rotatable bonds is 3. The second kappa shape index (κ2) is 4.61. The van der Waals surface area contributed by atoms with Crippen LogP contribution in [-0.4, -0.2) is 16.1 Å². The van der Waals surface area contributed by atoms with E-state index in [4.69, 9.17) is 5.11 Å². The number of alkyl halides is 2. The van der Waals surface area contributed by atoms with Crippen LogP contribution in [0.4, 0.5) is 13.2 Å². The van der Waals surface area contributed by atoms with Crippen LogP contribution in [0.3, 0.4) is 0 Å². The molecule has 1 rings (SSSR count). The fourth-order valence-corrected chi connectivity index (χ4v) is 1.38. The van der Waals surface area contributed by atoms with Crippen molar-refractivity contribution in [2.75, 3.05) is 0 Å². The van der Waals surface area contributed by atoms with E-state index in [1.807, 2.05) is 0 Å². The standard InChI is InChI=1S/C8H5BrF3NO2/c9-4-1-3(2-5(14)15)6(7(10)11)13-8(4)12/h1,7H,2H2,(H,14,15). The van der Waals surface area contributed by atoms with Crippen LogP contribution in [0, 0.1) is 5.95 Å². The first-order valence-electron chi connectivity index (χ1n) is 3.76. The number of aromatic nitrogens is 1. The van der Waals surface area contributed by atoms with Crippen molar-refractivity contribution in [3.8, 4) is 0 Å². The molecule has 0 saturated carbocycles. The highest BCUT2D eigenvalue weighted by Gasteiger charge is 2.19. The van der Waals surface area contributed by atoms with Crippen molar-refractivity contribution >= 4 is 21.9 Å². The summed E-state index contributed by atoms with van der Waals surface area (Å²) in [4.78, 5) is 13.4. The summed E-state index contributed by atoms with van der Waals surface area (Å²) in [6.45, 7) is 0. The first kappa shape index (κ1) is 12.0. The molecule has 7 heteroatoms. The lowest BCUT2D eigenvalue weighted by molar-refractivity contribution is -0.136. The number of carboxylic acids is 1. The molecule has 15 heavy (non-hydrogen) atoms. The largest absolute Gasteiger partial charge is 0.481 e. The molecule has 1 heterocycles. The molecule has 1 aromatic rings. The molecule has 0 aliphatic heterocycles. The number of carboxylic acid groups (broad SMARTS) is 1. The van der Waals surface area contributed by atoms with Gasteiger partial charge in [0.25, 0.3) is 6.43 Å². The van der Waals surface area contributed by atoms with Crippen LogP contribution in [0.5, 0.6) is 0 Å². The molecule has 0 aliphatic rings. The van der Waals surface area contributed by atoms with Crippen molar-refractivity contribution in [2.24, 2.45) is 0 Å². The Morgan fingerprint density at radius 3 is 2.67 bits per heavy atom. The lowest BCUT2D eigenvalue weighted by atomic mass is 10.1. The lowest BCUT2D eigenvalue weighted by Gasteiger charge is -2.06. The third kappa shape index (κ3) is 2.92. The van der Waals surface area contributed by atoms with Crippen LogP contribution < -0.4 is 0 Å². The molecular formula is C8H5BrF3NO2.